The molecular formula is C14H25BN2O4. The van der Waals surface area contributed by atoms with Crippen LogP contribution in [0.25, 0.3) is 0 Å². The summed E-state index contributed by atoms with van der Waals surface area (Å²) in [6.07, 6.45) is 2.50. The maximum absolute atomic E-state index is 11.3. The Labute approximate surface area is 127 Å². The molecule has 1 rings (SSSR count). The van der Waals surface area contributed by atoms with Crippen molar-refractivity contribution in [1.29, 1.82) is 0 Å². The van der Waals surface area contributed by atoms with Gasteiger partial charge in [-0.3, -0.25) is 0 Å². The van der Waals surface area contributed by atoms with Crippen molar-refractivity contribution in [3.05, 3.63) is 12.1 Å². The van der Waals surface area contributed by atoms with Crippen molar-refractivity contribution in [3.63, 3.8) is 0 Å². The normalized spacial score (nSPS) is 21.2. The first kappa shape index (κ1) is 17.7. The van der Waals surface area contributed by atoms with E-state index in [0.717, 1.165) is 0 Å². The maximum atomic E-state index is 11.3. The topological polar surface area (TPSA) is 69.2 Å². The zero-order valence-electron chi connectivity index (χ0n) is 13.9. The molecule has 0 aromatic heterocycles. The molecule has 0 aromatic rings. The standard InChI is InChI=1S/C14H25BN2O4/c1-12(2,3)19-11(18)17-16-10-8-9-15-20-13(4,5)14(6,7)21-15/h8-10H,1-7H3,(H,17,18)/b9-8+,16-10+. The smallest absolute Gasteiger partial charge is 0.443 e. The van der Waals surface area contributed by atoms with Crippen molar-refractivity contribution in [3.8, 4) is 0 Å². The van der Waals surface area contributed by atoms with Gasteiger partial charge in [0.15, 0.2) is 0 Å². The predicted molar refractivity (Wildman–Crippen MR) is 83.1 cm³/mol. The van der Waals surface area contributed by atoms with Gasteiger partial charge in [0.25, 0.3) is 0 Å². The van der Waals surface area contributed by atoms with Crippen molar-refractivity contribution in [2.24, 2.45) is 5.10 Å². The maximum Gasteiger partial charge on any atom is 0.487 e. The summed E-state index contributed by atoms with van der Waals surface area (Å²) in [5, 5.41) is 3.74. The van der Waals surface area contributed by atoms with Crippen LogP contribution in [0.15, 0.2) is 17.2 Å². The lowest BCUT2D eigenvalue weighted by atomic mass is 9.90. The molecule has 0 spiro atoms. The zero-order chi connectivity index (χ0) is 16.3. The number of ether oxygens (including phenoxy) is 1. The summed E-state index contributed by atoms with van der Waals surface area (Å²) in [6.45, 7) is 13.3. The molecule has 118 valence electrons. The van der Waals surface area contributed by atoms with E-state index in [1.807, 2.05) is 27.7 Å². The van der Waals surface area contributed by atoms with E-state index in [9.17, 15) is 4.79 Å². The van der Waals surface area contributed by atoms with Gasteiger partial charge in [-0.15, -0.1) is 0 Å². The van der Waals surface area contributed by atoms with Crippen LogP contribution in [0, 0.1) is 0 Å². The van der Waals surface area contributed by atoms with E-state index >= 15 is 0 Å². The van der Waals surface area contributed by atoms with Crippen molar-refractivity contribution in [1.82, 2.24) is 5.43 Å². The molecule has 1 saturated heterocycles. The van der Waals surface area contributed by atoms with Gasteiger partial charge in [0.05, 0.1) is 11.2 Å². The van der Waals surface area contributed by atoms with Crippen LogP contribution < -0.4 is 5.43 Å². The Bertz CT molecular complexity index is 423. The summed E-state index contributed by atoms with van der Waals surface area (Å²) in [4.78, 5) is 11.3. The fourth-order valence-electron chi connectivity index (χ4n) is 1.54. The summed E-state index contributed by atoms with van der Waals surface area (Å²) < 4.78 is 16.6. The molecule has 1 heterocycles. The Hall–Kier alpha value is -1.34. The number of hydrogen-bond acceptors (Lipinski definition) is 5. The largest absolute Gasteiger partial charge is 0.487 e. The van der Waals surface area contributed by atoms with Crippen LogP contribution >= 0.6 is 0 Å². The molecule has 1 aliphatic heterocycles. The van der Waals surface area contributed by atoms with Gasteiger partial charge in [0.1, 0.15) is 5.60 Å². The first-order chi connectivity index (χ1) is 9.43. The average molecular weight is 296 g/mol. The number of carbonyl (C=O) groups is 1. The molecule has 1 amide bonds. The highest BCUT2D eigenvalue weighted by molar-refractivity contribution is 6.52. The number of hydrazone groups is 1. The Morgan fingerprint density at radius 2 is 1.71 bits per heavy atom. The highest BCUT2D eigenvalue weighted by Gasteiger charge is 2.49. The fourth-order valence-corrected chi connectivity index (χ4v) is 1.54. The first-order valence-corrected chi connectivity index (χ1v) is 6.97. The van der Waals surface area contributed by atoms with Crippen LogP contribution in [-0.2, 0) is 14.0 Å². The molecule has 1 fully saturated rings. The second kappa shape index (κ2) is 6.19. The number of carbonyl (C=O) groups excluding carboxylic acids is 1. The molecule has 0 unspecified atom stereocenters. The zero-order valence-corrected chi connectivity index (χ0v) is 13.9. The van der Waals surface area contributed by atoms with Gasteiger partial charge >= 0.3 is 13.2 Å². The van der Waals surface area contributed by atoms with Gasteiger partial charge in [-0.1, -0.05) is 5.98 Å². The Morgan fingerprint density at radius 3 is 2.19 bits per heavy atom. The minimum atomic E-state index is -0.595. The van der Waals surface area contributed by atoms with E-state index in [0.29, 0.717) is 0 Å². The van der Waals surface area contributed by atoms with Gasteiger partial charge in [-0.25, -0.2) is 10.2 Å². The molecule has 1 N–H and O–H groups in total. The van der Waals surface area contributed by atoms with Crippen molar-refractivity contribution >= 4 is 19.4 Å². The summed E-state index contributed by atoms with van der Waals surface area (Å²) in [7, 11) is -0.428. The summed E-state index contributed by atoms with van der Waals surface area (Å²) in [5.41, 5.74) is 0.995. The first-order valence-electron chi connectivity index (χ1n) is 6.97. The van der Waals surface area contributed by atoms with Crippen LogP contribution in [0.1, 0.15) is 48.5 Å². The van der Waals surface area contributed by atoms with E-state index in [2.05, 4.69) is 10.5 Å². The average Bonchev–Trinajstić information content (AvgIpc) is 2.44. The third-order valence-electron chi connectivity index (χ3n) is 3.26. The third kappa shape index (κ3) is 5.51. The van der Waals surface area contributed by atoms with Gasteiger partial charge in [-0.05, 0) is 54.5 Å². The number of rotatable bonds is 3. The molecular weight excluding hydrogens is 271 g/mol. The summed E-state index contributed by atoms with van der Waals surface area (Å²) in [5.74, 6) is 1.73. The molecule has 0 saturated carbocycles. The predicted octanol–water partition coefficient (Wildman–Crippen LogP) is 2.68. The van der Waals surface area contributed by atoms with E-state index in [4.69, 9.17) is 14.0 Å². The van der Waals surface area contributed by atoms with Crippen molar-refractivity contribution in [2.45, 2.75) is 65.3 Å². The Balaban J connectivity index is 2.39. The molecule has 0 bridgehead atoms. The van der Waals surface area contributed by atoms with Gasteiger partial charge in [0.2, 0.25) is 0 Å². The van der Waals surface area contributed by atoms with E-state index < -0.39 is 18.8 Å². The molecule has 7 heteroatoms. The molecule has 0 atom stereocenters. The van der Waals surface area contributed by atoms with Crippen molar-refractivity contribution < 1.29 is 18.8 Å². The van der Waals surface area contributed by atoms with Gasteiger partial charge in [0, 0.05) is 6.21 Å². The van der Waals surface area contributed by atoms with Crippen LogP contribution in [-0.4, -0.2) is 36.2 Å². The highest BCUT2D eigenvalue weighted by Crippen LogP contribution is 2.36. The number of nitrogens with zero attached hydrogens (tertiary/aromatic N) is 1. The van der Waals surface area contributed by atoms with Crippen molar-refractivity contribution in [2.75, 3.05) is 0 Å². The van der Waals surface area contributed by atoms with Gasteiger partial charge in [-0.2, -0.15) is 5.10 Å². The third-order valence-corrected chi connectivity index (χ3v) is 3.26. The lowest BCUT2D eigenvalue weighted by Gasteiger charge is -2.32. The van der Waals surface area contributed by atoms with Gasteiger partial charge < -0.3 is 14.0 Å². The summed E-state index contributed by atoms with van der Waals surface area (Å²) >= 11 is 0. The van der Waals surface area contributed by atoms with Crippen LogP contribution in [0.2, 0.25) is 0 Å². The second-order valence-corrected chi connectivity index (χ2v) is 6.90. The lowest BCUT2D eigenvalue weighted by molar-refractivity contribution is 0.00578. The molecule has 0 aliphatic carbocycles. The quantitative estimate of drug-likeness (QED) is 0.494. The SMILES string of the molecule is CC(C)(C)OC(=O)N/N=C/C=C/B1OC(C)(C)C(C)(C)O1. The number of allylic oxidation sites excluding steroid dienone is 1. The monoisotopic (exact) mass is 296 g/mol. The lowest BCUT2D eigenvalue weighted by Crippen LogP contribution is -2.41. The van der Waals surface area contributed by atoms with E-state index in [-0.39, 0.29) is 11.2 Å². The van der Waals surface area contributed by atoms with Crippen LogP contribution in [0.5, 0.6) is 0 Å². The second-order valence-electron chi connectivity index (χ2n) is 6.90. The minimum absolute atomic E-state index is 0.367. The van der Waals surface area contributed by atoms with Crippen LogP contribution in [0.4, 0.5) is 4.79 Å². The summed E-state index contributed by atoms with van der Waals surface area (Å²) in [6, 6.07) is 0. The number of nitrogens with one attached hydrogen (secondary N) is 1. The number of hydrogen-bond donors (Lipinski definition) is 1. The number of amides is 1. The molecule has 0 aromatic carbocycles. The molecule has 6 nitrogen and oxygen atoms in total. The fraction of sp³-hybridized carbons (Fsp3) is 0.714. The van der Waals surface area contributed by atoms with Crippen LogP contribution in [0.3, 0.4) is 0 Å². The molecule has 21 heavy (non-hydrogen) atoms. The highest BCUT2D eigenvalue weighted by atomic mass is 16.7. The molecule has 1 aliphatic rings. The molecule has 0 radical (unpaired) electrons. The van der Waals surface area contributed by atoms with E-state index in [1.165, 1.54) is 6.21 Å². The minimum Gasteiger partial charge on any atom is -0.443 e. The van der Waals surface area contributed by atoms with E-state index in [1.54, 1.807) is 32.8 Å². The Morgan fingerprint density at radius 1 is 1.19 bits per heavy atom. The Kier molecular flexibility index (Phi) is 5.23.